The summed E-state index contributed by atoms with van der Waals surface area (Å²) >= 11 is 2.05. The molecule has 0 saturated carbocycles. The van der Waals surface area contributed by atoms with Crippen molar-refractivity contribution in [2.24, 2.45) is 0 Å². The second-order valence-corrected chi connectivity index (χ2v) is 5.59. The molecule has 0 spiro atoms. The smallest absolute Gasteiger partial charge is 0.124 e. The van der Waals surface area contributed by atoms with E-state index in [1.165, 1.54) is 12.1 Å². The summed E-state index contributed by atoms with van der Waals surface area (Å²) in [5.74, 6) is -0.282. The van der Waals surface area contributed by atoms with Gasteiger partial charge in [-0.15, -0.1) is 0 Å². The quantitative estimate of drug-likeness (QED) is 0.803. The zero-order valence-corrected chi connectivity index (χ0v) is 12.4. The van der Waals surface area contributed by atoms with E-state index in [-0.39, 0.29) is 5.82 Å². The molecular formula is C15H14FIO. The van der Waals surface area contributed by atoms with E-state index in [1.807, 2.05) is 54.6 Å². The van der Waals surface area contributed by atoms with Crippen LogP contribution < -0.4 is 0 Å². The molecule has 2 aromatic carbocycles. The number of aliphatic hydroxyl groups excluding tert-OH is 1. The van der Waals surface area contributed by atoms with Crippen molar-refractivity contribution in [2.45, 2.75) is 20.0 Å². The molecule has 0 aromatic heterocycles. The van der Waals surface area contributed by atoms with Gasteiger partial charge in [0.15, 0.2) is 0 Å². The van der Waals surface area contributed by atoms with Gasteiger partial charge in [-0.25, -0.2) is 4.39 Å². The van der Waals surface area contributed by atoms with Crippen molar-refractivity contribution in [3.05, 3.63) is 68.0 Å². The molecule has 1 N–H and O–H groups in total. The van der Waals surface area contributed by atoms with Crippen molar-refractivity contribution in [3.8, 4) is 0 Å². The van der Waals surface area contributed by atoms with Gasteiger partial charge in [-0.3, -0.25) is 0 Å². The third-order valence-corrected chi connectivity index (χ3v) is 3.91. The molecule has 2 rings (SSSR count). The van der Waals surface area contributed by atoms with Gasteiger partial charge in [-0.05, 0) is 65.3 Å². The van der Waals surface area contributed by atoms with E-state index in [1.54, 1.807) is 6.07 Å². The number of hydrogen-bond donors (Lipinski definition) is 1. The van der Waals surface area contributed by atoms with Crippen molar-refractivity contribution in [3.63, 3.8) is 0 Å². The van der Waals surface area contributed by atoms with Crippen LogP contribution in [0.15, 0.2) is 36.4 Å². The lowest BCUT2D eigenvalue weighted by Gasteiger charge is -2.16. The summed E-state index contributed by atoms with van der Waals surface area (Å²) in [4.78, 5) is 0. The molecule has 0 aliphatic heterocycles. The lowest BCUT2D eigenvalue weighted by atomic mass is 9.96. The Morgan fingerprint density at radius 3 is 2.33 bits per heavy atom. The number of aryl methyl sites for hydroxylation is 2. The van der Waals surface area contributed by atoms with Crippen LogP contribution in [0.2, 0.25) is 0 Å². The molecule has 3 heteroatoms. The van der Waals surface area contributed by atoms with Crippen LogP contribution in [-0.4, -0.2) is 5.11 Å². The van der Waals surface area contributed by atoms with E-state index in [2.05, 4.69) is 0 Å². The molecule has 0 amide bonds. The van der Waals surface area contributed by atoms with E-state index in [0.717, 1.165) is 25.8 Å². The molecule has 0 saturated heterocycles. The van der Waals surface area contributed by atoms with Gasteiger partial charge in [0.05, 0.1) is 0 Å². The Morgan fingerprint density at radius 2 is 1.72 bits per heavy atom. The topological polar surface area (TPSA) is 20.2 Å². The average Bonchev–Trinajstić information content (AvgIpc) is 2.28. The fourth-order valence-electron chi connectivity index (χ4n) is 2.02. The Morgan fingerprint density at radius 1 is 1.06 bits per heavy atom. The van der Waals surface area contributed by atoms with Crippen LogP contribution in [0, 0.1) is 23.2 Å². The van der Waals surface area contributed by atoms with Crippen molar-refractivity contribution >= 4 is 22.6 Å². The number of rotatable bonds is 2. The minimum absolute atomic E-state index is 0.282. The van der Waals surface area contributed by atoms with Crippen LogP contribution in [0.4, 0.5) is 4.39 Å². The Balaban J connectivity index is 2.44. The van der Waals surface area contributed by atoms with Crippen LogP contribution >= 0.6 is 22.6 Å². The van der Waals surface area contributed by atoms with Crippen molar-refractivity contribution < 1.29 is 9.50 Å². The van der Waals surface area contributed by atoms with E-state index >= 15 is 0 Å². The van der Waals surface area contributed by atoms with Crippen molar-refractivity contribution in [1.29, 1.82) is 0 Å². The minimum atomic E-state index is -0.710. The molecule has 1 atom stereocenters. The van der Waals surface area contributed by atoms with Crippen LogP contribution in [0.25, 0.3) is 0 Å². The van der Waals surface area contributed by atoms with Gasteiger partial charge in [0.1, 0.15) is 11.9 Å². The SMILES string of the molecule is Cc1ccc(C(O)c2ccc(F)cc2I)c(C)c1. The second kappa shape index (κ2) is 5.36. The first-order chi connectivity index (χ1) is 8.49. The molecule has 0 radical (unpaired) electrons. The molecule has 94 valence electrons. The highest BCUT2D eigenvalue weighted by Crippen LogP contribution is 2.29. The Bertz CT molecular complexity index is 529. The molecule has 0 bridgehead atoms. The van der Waals surface area contributed by atoms with Gasteiger partial charge in [-0.2, -0.15) is 0 Å². The standard InChI is InChI=1S/C15H14FIO/c1-9-3-5-12(10(2)7-9)15(18)13-6-4-11(16)8-14(13)17/h3-8,15,18H,1-2H3. The van der Waals surface area contributed by atoms with Gasteiger partial charge >= 0.3 is 0 Å². The van der Waals surface area contributed by atoms with Crippen LogP contribution in [0.1, 0.15) is 28.4 Å². The van der Waals surface area contributed by atoms with E-state index in [4.69, 9.17) is 0 Å². The lowest BCUT2D eigenvalue weighted by molar-refractivity contribution is 0.218. The zero-order chi connectivity index (χ0) is 13.3. The van der Waals surface area contributed by atoms with Crippen LogP contribution in [0.3, 0.4) is 0 Å². The fraction of sp³-hybridized carbons (Fsp3) is 0.200. The molecule has 2 aromatic rings. The monoisotopic (exact) mass is 356 g/mol. The number of halogens is 2. The molecular weight excluding hydrogens is 342 g/mol. The first-order valence-electron chi connectivity index (χ1n) is 5.69. The van der Waals surface area contributed by atoms with Crippen LogP contribution in [-0.2, 0) is 0 Å². The first kappa shape index (κ1) is 13.5. The van der Waals surface area contributed by atoms with Gasteiger partial charge in [-0.1, -0.05) is 29.8 Å². The maximum absolute atomic E-state index is 13.1. The average molecular weight is 356 g/mol. The highest BCUT2D eigenvalue weighted by Gasteiger charge is 2.16. The summed E-state index contributed by atoms with van der Waals surface area (Å²) in [6.07, 6.45) is -0.710. The predicted octanol–water partition coefficient (Wildman–Crippen LogP) is 4.13. The van der Waals surface area contributed by atoms with Gasteiger partial charge < -0.3 is 5.11 Å². The molecule has 1 nitrogen and oxygen atoms in total. The maximum atomic E-state index is 13.1. The number of benzene rings is 2. The highest BCUT2D eigenvalue weighted by molar-refractivity contribution is 14.1. The Hall–Kier alpha value is -0.940. The minimum Gasteiger partial charge on any atom is -0.384 e. The molecule has 0 fully saturated rings. The predicted molar refractivity (Wildman–Crippen MR) is 79.1 cm³/mol. The largest absolute Gasteiger partial charge is 0.384 e. The van der Waals surface area contributed by atoms with Crippen molar-refractivity contribution in [1.82, 2.24) is 0 Å². The van der Waals surface area contributed by atoms with E-state index < -0.39 is 6.10 Å². The van der Waals surface area contributed by atoms with Gasteiger partial charge in [0, 0.05) is 3.57 Å². The summed E-state index contributed by atoms with van der Waals surface area (Å²) < 4.78 is 13.8. The summed E-state index contributed by atoms with van der Waals surface area (Å²) in [6, 6.07) is 10.4. The van der Waals surface area contributed by atoms with E-state index in [0.29, 0.717) is 0 Å². The summed E-state index contributed by atoms with van der Waals surface area (Å²) in [6.45, 7) is 3.99. The number of aliphatic hydroxyl groups is 1. The number of hydrogen-bond acceptors (Lipinski definition) is 1. The van der Waals surface area contributed by atoms with Crippen molar-refractivity contribution in [2.75, 3.05) is 0 Å². The lowest BCUT2D eigenvalue weighted by Crippen LogP contribution is -2.04. The Kier molecular flexibility index (Phi) is 4.02. The second-order valence-electron chi connectivity index (χ2n) is 4.43. The summed E-state index contributed by atoms with van der Waals surface area (Å²) in [5.41, 5.74) is 3.81. The third kappa shape index (κ3) is 2.72. The van der Waals surface area contributed by atoms with Crippen LogP contribution in [0.5, 0.6) is 0 Å². The molecule has 0 aliphatic rings. The third-order valence-electron chi connectivity index (χ3n) is 2.98. The van der Waals surface area contributed by atoms with Gasteiger partial charge in [0.25, 0.3) is 0 Å². The molecule has 1 unspecified atom stereocenters. The molecule has 18 heavy (non-hydrogen) atoms. The summed E-state index contributed by atoms with van der Waals surface area (Å²) in [5, 5.41) is 10.4. The Labute approximate surface area is 120 Å². The zero-order valence-electron chi connectivity index (χ0n) is 10.2. The fourth-order valence-corrected chi connectivity index (χ4v) is 2.80. The maximum Gasteiger partial charge on any atom is 0.124 e. The summed E-state index contributed by atoms with van der Waals surface area (Å²) in [7, 11) is 0. The van der Waals surface area contributed by atoms with Gasteiger partial charge in [0.2, 0.25) is 0 Å². The highest BCUT2D eigenvalue weighted by atomic mass is 127. The molecule has 0 heterocycles. The molecule has 0 aliphatic carbocycles. The first-order valence-corrected chi connectivity index (χ1v) is 6.77. The van der Waals surface area contributed by atoms with E-state index in [9.17, 15) is 9.50 Å². The normalized spacial score (nSPS) is 12.5.